The van der Waals surface area contributed by atoms with Crippen molar-refractivity contribution in [2.24, 2.45) is 0 Å². The molecule has 0 aliphatic rings. The van der Waals surface area contributed by atoms with Crippen molar-refractivity contribution < 1.29 is 4.74 Å². The molecular formula is C10H19N3OS. The fourth-order valence-corrected chi connectivity index (χ4v) is 2.05. The third kappa shape index (κ3) is 2.99. The fraction of sp³-hybridized carbons (Fsp3) is 0.700. The summed E-state index contributed by atoms with van der Waals surface area (Å²) in [6.45, 7) is 5.76. The largest absolute Gasteiger partial charge is 0.487 e. The van der Waals surface area contributed by atoms with Gasteiger partial charge in [-0.1, -0.05) is 13.3 Å². The Hall–Kier alpha value is -0.970. The van der Waals surface area contributed by atoms with Crippen molar-refractivity contribution in [3.63, 3.8) is 0 Å². The Kier molecular flexibility index (Phi) is 4.68. The van der Waals surface area contributed by atoms with E-state index >= 15 is 0 Å². The minimum absolute atomic E-state index is 0.500. The lowest BCUT2D eigenvalue weighted by molar-refractivity contribution is 0.343. The van der Waals surface area contributed by atoms with Gasteiger partial charge < -0.3 is 15.4 Å². The molecule has 0 atom stereocenters. The molecule has 1 aromatic heterocycles. The Morgan fingerprint density at radius 3 is 2.80 bits per heavy atom. The zero-order valence-electron chi connectivity index (χ0n) is 9.62. The SMILES string of the molecule is CCCCN(C)c1snc(N)c1OCC. The van der Waals surface area contributed by atoms with Crippen LogP contribution < -0.4 is 15.4 Å². The van der Waals surface area contributed by atoms with E-state index < -0.39 is 0 Å². The van der Waals surface area contributed by atoms with Crippen LogP contribution in [0, 0.1) is 0 Å². The molecule has 0 aliphatic heterocycles. The van der Waals surface area contributed by atoms with Crippen LogP contribution in [0.2, 0.25) is 0 Å². The second-order valence-corrected chi connectivity index (χ2v) is 4.16. The molecule has 0 saturated carbocycles. The van der Waals surface area contributed by atoms with Crippen LogP contribution in [0.3, 0.4) is 0 Å². The summed E-state index contributed by atoms with van der Waals surface area (Å²) >= 11 is 1.40. The highest BCUT2D eigenvalue weighted by Gasteiger charge is 2.15. The molecule has 86 valence electrons. The molecule has 0 amide bonds. The van der Waals surface area contributed by atoms with Gasteiger partial charge in [0.05, 0.1) is 6.61 Å². The monoisotopic (exact) mass is 229 g/mol. The highest BCUT2D eigenvalue weighted by Crippen LogP contribution is 2.37. The van der Waals surface area contributed by atoms with Crippen LogP contribution in [0.15, 0.2) is 0 Å². The van der Waals surface area contributed by atoms with E-state index in [2.05, 4.69) is 16.2 Å². The lowest BCUT2D eigenvalue weighted by atomic mass is 10.3. The number of nitrogen functional groups attached to an aromatic ring is 1. The van der Waals surface area contributed by atoms with E-state index in [1.165, 1.54) is 24.4 Å². The van der Waals surface area contributed by atoms with Crippen molar-refractivity contribution >= 4 is 22.4 Å². The normalized spacial score (nSPS) is 10.3. The molecule has 1 aromatic rings. The summed E-state index contributed by atoms with van der Waals surface area (Å²) in [5.74, 6) is 1.24. The topological polar surface area (TPSA) is 51.4 Å². The number of nitrogens with two attached hydrogens (primary N) is 1. The van der Waals surface area contributed by atoms with Crippen molar-refractivity contribution in [1.29, 1.82) is 0 Å². The fourth-order valence-electron chi connectivity index (χ4n) is 1.30. The van der Waals surface area contributed by atoms with Crippen molar-refractivity contribution in [3.8, 4) is 5.75 Å². The van der Waals surface area contributed by atoms with Gasteiger partial charge in [0.15, 0.2) is 16.6 Å². The van der Waals surface area contributed by atoms with Gasteiger partial charge in [-0.2, -0.15) is 4.37 Å². The number of unbranched alkanes of at least 4 members (excludes halogenated alkanes) is 1. The first-order chi connectivity index (χ1) is 7.20. The van der Waals surface area contributed by atoms with Crippen LogP contribution in [0.1, 0.15) is 26.7 Å². The van der Waals surface area contributed by atoms with Crippen LogP contribution in [0.5, 0.6) is 5.75 Å². The Bertz CT molecular complexity index is 301. The first-order valence-corrected chi connectivity index (χ1v) is 6.07. The predicted octanol–water partition coefficient (Wildman–Crippen LogP) is 2.36. The van der Waals surface area contributed by atoms with Crippen LogP contribution in [0.25, 0.3) is 0 Å². The van der Waals surface area contributed by atoms with Gasteiger partial charge in [-0.3, -0.25) is 0 Å². The summed E-state index contributed by atoms with van der Waals surface area (Å²) < 4.78 is 9.61. The molecule has 1 heterocycles. The van der Waals surface area contributed by atoms with Gasteiger partial charge in [0.2, 0.25) is 0 Å². The smallest absolute Gasteiger partial charge is 0.197 e. The second kappa shape index (κ2) is 5.80. The van der Waals surface area contributed by atoms with Gasteiger partial charge in [0, 0.05) is 13.6 Å². The third-order valence-corrected chi connectivity index (χ3v) is 3.10. The number of rotatable bonds is 6. The summed E-state index contributed by atoms with van der Waals surface area (Å²) in [5, 5.41) is 1.03. The summed E-state index contributed by atoms with van der Waals surface area (Å²) in [7, 11) is 2.05. The third-order valence-electron chi connectivity index (χ3n) is 2.14. The Labute approximate surface area is 95.2 Å². The highest BCUT2D eigenvalue weighted by molar-refractivity contribution is 7.11. The number of hydrogen-bond donors (Lipinski definition) is 1. The molecule has 0 spiro atoms. The average molecular weight is 229 g/mol. The van der Waals surface area contributed by atoms with Crippen LogP contribution in [0.4, 0.5) is 10.8 Å². The lowest BCUT2D eigenvalue weighted by Crippen LogP contribution is -2.18. The van der Waals surface area contributed by atoms with Gasteiger partial charge in [0.25, 0.3) is 0 Å². The van der Waals surface area contributed by atoms with Crippen molar-refractivity contribution in [3.05, 3.63) is 0 Å². The molecule has 0 unspecified atom stereocenters. The van der Waals surface area contributed by atoms with E-state index in [0.717, 1.165) is 17.3 Å². The summed E-state index contributed by atoms with van der Waals surface area (Å²) in [6.07, 6.45) is 2.35. The van der Waals surface area contributed by atoms with E-state index in [0.29, 0.717) is 12.4 Å². The quantitative estimate of drug-likeness (QED) is 0.813. The zero-order valence-corrected chi connectivity index (χ0v) is 10.4. The molecule has 5 heteroatoms. The minimum Gasteiger partial charge on any atom is -0.487 e. The molecule has 0 saturated heterocycles. The van der Waals surface area contributed by atoms with Gasteiger partial charge in [-0.25, -0.2) is 0 Å². The minimum atomic E-state index is 0.500. The maximum atomic E-state index is 5.74. The summed E-state index contributed by atoms with van der Waals surface area (Å²) in [4.78, 5) is 2.16. The first-order valence-electron chi connectivity index (χ1n) is 5.29. The van der Waals surface area contributed by atoms with Crippen LogP contribution in [-0.4, -0.2) is 24.6 Å². The second-order valence-electron chi connectivity index (χ2n) is 3.41. The molecule has 0 aliphatic carbocycles. The van der Waals surface area contributed by atoms with Gasteiger partial charge in [-0.05, 0) is 24.9 Å². The Balaban J connectivity index is 2.74. The molecule has 2 N–H and O–H groups in total. The van der Waals surface area contributed by atoms with Crippen molar-refractivity contribution in [1.82, 2.24) is 4.37 Å². The maximum absolute atomic E-state index is 5.74. The van der Waals surface area contributed by atoms with Crippen LogP contribution in [-0.2, 0) is 0 Å². The molecular weight excluding hydrogens is 210 g/mol. The van der Waals surface area contributed by atoms with E-state index in [1.54, 1.807) is 0 Å². The van der Waals surface area contributed by atoms with Crippen molar-refractivity contribution in [2.45, 2.75) is 26.7 Å². The van der Waals surface area contributed by atoms with Gasteiger partial charge >= 0.3 is 0 Å². The van der Waals surface area contributed by atoms with E-state index in [9.17, 15) is 0 Å². The van der Waals surface area contributed by atoms with Crippen LogP contribution >= 0.6 is 11.5 Å². The Morgan fingerprint density at radius 2 is 2.20 bits per heavy atom. The lowest BCUT2D eigenvalue weighted by Gasteiger charge is -2.17. The van der Waals surface area contributed by atoms with E-state index in [4.69, 9.17) is 10.5 Å². The molecule has 15 heavy (non-hydrogen) atoms. The molecule has 0 fully saturated rings. The number of aromatic nitrogens is 1. The molecule has 4 nitrogen and oxygen atoms in total. The van der Waals surface area contributed by atoms with Gasteiger partial charge in [-0.15, -0.1) is 0 Å². The van der Waals surface area contributed by atoms with E-state index in [-0.39, 0.29) is 0 Å². The molecule has 0 radical (unpaired) electrons. The zero-order chi connectivity index (χ0) is 11.3. The number of nitrogens with zero attached hydrogens (tertiary/aromatic N) is 2. The number of anilines is 2. The Morgan fingerprint density at radius 1 is 1.47 bits per heavy atom. The first kappa shape index (κ1) is 12.1. The molecule has 1 rings (SSSR count). The number of hydrogen-bond acceptors (Lipinski definition) is 5. The van der Waals surface area contributed by atoms with Crippen molar-refractivity contribution in [2.75, 3.05) is 30.8 Å². The predicted molar refractivity (Wildman–Crippen MR) is 65.9 cm³/mol. The molecule has 0 bridgehead atoms. The van der Waals surface area contributed by atoms with Gasteiger partial charge in [0.1, 0.15) is 0 Å². The number of ether oxygens (including phenoxy) is 1. The molecule has 0 aromatic carbocycles. The summed E-state index contributed by atoms with van der Waals surface area (Å²) in [5.41, 5.74) is 5.74. The highest BCUT2D eigenvalue weighted by atomic mass is 32.1. The average Bonchev–Trinajstić information content (AvgIpc) is 2.58. The standard InChI is InChI=1S/C10H19N3OS/c1-4-6-7-13(3)10-8(14-5-2)9(11)12-15-10/h4-7H2,1-3H3,(H2,11,12). The van der Waals surface area contributed by atoms with E-state index in [1.807, 2.05) is 14.0 Å². The maximum Gasteiger partial charge on any atom is 0.197 e. The summed E-state index contributed by atoms with van der Waals surface area (Å²) in [6, 6.07) is 0.